The van der Waals surface area contributed by atoms with E-state index in [0.717, 1.165) is 0 Å². The molecule has 0 aromatic rings. The van der Waals surface area contributed by atoms with Crippen LogP contribution in [0.3, 0.4) is 0 Å². The summed E-state index contributed by atoms with van der Waals surface area (Å²) >= 11 is 0. The first-order chi connectivity index (χ1) is 3.72. The molecule has 0 spiro atoms. The maximum absolute atomic E-state index is 9.58. The summed E-state index contributed by atoms with van der Waals surface area (Å²) in [6.45, 7) is -0.597. The molecule has 0 bridgehead atoms. The minimum Gasteiger partial charge on any atom is -0.394 e. The lowest BCUT2D eigenvalue weighted by atomic mass is 10.2. The lowest BCUT2D eigenvalue weighted by Gasteiger charge is -2.06. The fraction of sp³-hybridized carbons (Fsp3) is 0.750. The number of hydrogen-bond acceptors (Lipinski definition) is 4. The summed E-state index contributed by atoms with van der Waals surface area (Å²) in [5.41, 5.74) is 0. The predicted octanol–water partition coefficient (Wildman–Crippen LogP) is -2.10. The second-order valence-electron chi connectivity index (χ2n) is 1.38. The molecule has 0 saturated carbocycles. The third kappa shape index (κ3) is 2.02. The zero-order chi connectivity index (χ0) is 6.57. The molecule has 0 aliphatic rings. The van der Waals surface area contributed by atoms with E-state index in [4.69, 9.17) is 15.3 Å². The molecule has 3 N–H and O–H groups in total. The van der Waals surface area contributed by atoms with Crippen LogP contribution in [0.2, 0.25) is 0 Å². The minimum absolute atomic E-state index is 0.168. The molecule has 0 aliphatic heterocycles. The first-order valence-corrected chi connectivity index (χ1v) is 2.14. The van der Waals surface area contributed by atoms with E-state index in [0.29, 0.717) is 0 Å². The van der Waals surface area contributed by atoms with Crippen LogP contribution in [0.25, 0.3) is 0 Å². The monoisotopic (exact) mass is 120 g/mol. The van der Waals surface area contributed by atoms with Crippen molar-refractivity contribution in [1.29, 1.82) is 0 Å². The average molecular weight is 120 g/mol. The number of aliphatic hydroxyl groups is 3. The highest BCUT2D eigenvalue weighted by Crippen LogP contribution is 1.85. The Morgan fingerprint density at radius 1 is 1.50 bits per heavy atom. The number of aldehydes is 1. The van der Waals surface area contributed by atoms with Gasteiger partial charge in [0.15, 0.2) is 6.29 Å². The third-order valence-corrected chi connectivity index (χ3v) is 0.721. The van der Waals surface area contributed by atoms with Gasteiger partial charge in [0.2, 0.25) is 0 Å². The van der Waals surface area contributed by atoms with E-state index in [9.17, 15) is 4.79 Å². The van der Waals surface area contributed by atoms with E-state index in [1.165, 1.54) is 0 Å². The van der Waals surface area contributed by atoms with Crippen LogP contribution in [-0.4, -0.2) is 40.4 Å². The largest absolute Gasteiger partial charge is 0.394 e. The van der Waals surface area contributed by atoms with Crippen LogP contribution in [0, 0.1) is 0 Å². The van der Waals surface area contributed by atoms with Crippen molar-refractivity contribution in [3.63, 3.8) is 0 Å². The first-order valence-electron chi connectivity index (χ1n) is 2.14. The van der Waals surface area contributed by atoms with Crippen molar-refractivity contribution < 1.29 is 20.1 Å². The molecule has 0 aromatic carbocycles. The van der Waals surface area contributed by atoms with E-state index >= 15 is 0 Å². The van der Waals surface area contributed by atoms with Crippen molar-refractivity contribution in [2.45, 2.75) is 12.2 Å². The Bertz CT molecular complexity index is 72.4. The molecular weight excluding hydrogens is 112 g/mol. The van der Waals surface area contributed by atoms with Crippen LogP contribution >= 0.6 is 0 Å². The predicted molar refractivity (Wildman–Crippen MR) is 25.2 cm³/mol. The Balaban J connectivity index is 3.44. The molecule has 0 heterocycles. The van der Waals surface area contributed by atoms with Crippen LogP contribution in [0.1, 0.15) is 0 Å². The number of rotatable bonds is 3. The number of carbonyl (C=O) groups excluding carboxylic acids is 1. The summed E-state index contributed by atoms with van der Waals surface area (Å²) in [6, 6.07) is 0. The third-order valence-electron chi connectivity index (χ3n) is 0.721. The van der Waals surface area contributed by atoms with Gasteiger partial charge in [0.25, 0.3) is 0 Å². The van der Waals surface area contributed by atoms with Crippen LogP contribution in [0.5, 0.6) is 0 Å². The molecule has 0 aliphatic carbocycles. The summed E-state index contributed by atoms with van der Waals surface area (Å²) in [6.07, 6.45) is -2.63. The van der Waals surface area contributed by atoms with Crippen LogP contribution in [0.15, 0.2) is 0 Å². The van der Waals surface area contributed by atoms with Crippen molar-refractivity contribution in [2.75, 3.05) is 6.61 Å². The van der Waals surface area contributed by atoms with Crippen LogP contribution < -0.4 is 0 Å². The smallest absolute Gasteiger partial charge is 0.151 e. The normalized spacial score (nSPS) is 17.4. The highest BCUT2D eigenvalue weighted by Gasteiger charge is 2.12. The van der Waals surface area contributed by atoms with Gasteiger partial charge in [0.05, 0.1) is 6.61 Å². The van der Waals surface area contributed by atoms with Crippen molar-refractivity contribution >= 4 is 6.29 Å². The number of carbonyl (C=O) groups is 1. The zero-order valence-corrected chi connectivity index (χ0v) is 4.19. The molecular formula is C4H8O4. The quantitative estimate of drug-likeness (QED) is 0.373. The van der Waals surface area contributed by atoms with Gasteiger partial charge in [-0.2, -0.15) is 0 Å². The van der Waals surface area contributed by atoms with E-state index < -0.39 is 18.8 Å². The second-order valence-corrected chi connectivity index (χ2v) is 1.38. The Hall–Kier alpha value is -0.450. The Morgan fingerprint density at radius 3 is 2.12 bits per heavy atom. The molecule has 0 saturated heterocycles. The number of aliphatic hydroxyl groups excluding tert-OH is 3. The number of hydrogen-bond donors (Lipinski definition) is 3. The molecule has 0 rings (SSSR count). The maximum Gasteiger partial charge on any atom is 0.151 e. The van der Waals surface area contributed by atoms with Crippen molar-refractivity contribution in [3.05, 3.63) is 0 Å². The van der Waals surface area contributed by atoms with E-state index in [-0.39, 0.29) is 6.29 Å². The highest BCUT2D eigenvalue weighted by atomic mass is 16.4. The van der Waals surface area contributed by atoms with Gasteiger partial charge in [-0.05, 0) is 0 Å². The van der Waals surface area contributed by atoms with Gasteiger partial charge >= 0.3 is 0 Å². The van der Waals surface area contributed by atoms with Crippen molar-refractivity contribution in [2.24, 2.45) is 0 Å². The van der Waals surface area contributed by atoms with Crippen LogP contribution in [0.4, 0.5) is 0 Å². The Kier molecular flexibility index (Phi) is 3.34. The molecule has 4 nitrogen and oxygen atoms in total. The molecule has 0 fully saturated rings. The SMILES string of the molecule is O=C[C@@H](O)C(O)CO. The van der Waals surface area contributed by atoms with Crippen molar-refractivity contribution in [3.8, 4) is 0 Å². The Labute approximate surface area is 46.4 Å². The van der Waals surface area contributed by atoms with Gasteiger partial charge in [-0.1, -0.05) is 0 Å². The second kappa shape index (κ2) is 3.54. The molecule has 2 atom stereocenters. The van der Waals surface area contributed by atoms with Gasteiger partial charge < -0.3 is 20.1 Å². The van der Waals surface area contributed by atoms with Gasteiger partial charge in [0, 0.05) is 0 Å². The van der Waals surface area contributed by atoms with Gasteiger partial charge in [-0.3, -0.25) is 0 Å². The van der Waals surface area contributed by atoms with Gasteiger partial charge in [-0.25, -0.2) is 0 Å². The molecule has 4 heteroatoms. The van der Waals surface area contributed by atoms with E-state index in [1.54, 1.807) is 0 Å². The summed E-state index contributed by atoms with van der Waals surface area (Å²) in [7, 11) is 0. The van der Waals surface area contributed by atoms with Gasteiger partial charge in [0.1, 0.15) is 12.2 Å². The molecule has 48 valence electrons. The zero-order valence-electron chi connectivity index (χ0n) is 4.19. The van der Waals surface area contributed by atoms with Crippen molar-refractivity contribution in [1.82, 2.24) is 0 Å². The van der Waals surface area contributed by atoms with Gasteiger partial charge in [-0.15, -0.1) is 0 Å². The fourth-order valence-corrected chi connectivity index (χ4v) is 0.199. The van der Waals surface area contributed by atoms with E-state index in [1.807, 2.05) is 0 Å². The van der Waals surface area contributed by atoms with Crippen LogP contribution in [-0.2, 0) is 4.79 Å². The average Bonchev–Trinajstić information content (AvgIpc) is 1.84. The highest BCUT2D eigenvalue weighted by molar-refractivity contribution is 5.56. The Morgan fingerprint density at radius 2 is 2.00 bits per heavy atom. The minimum atomic E-state index is -1.46. The molecule has 8 heavy (non-hydrogen) atoms. The summed E-state index contributed by atoms with van der Waals surface area (Å²) in [5.74, 6) is 0. The summed E-state index contributed by atoms with van der Waals surface area (Å²) in [5, 5.41) is 24.8. The molecule has 1 unspecified atom stereocenters. The maximum atomic E-state index is 9.58. The lowest BCUT2D eigenvalue weighted by molar-refractivity contribution is -0.121. The topological polar surface area (TPSA) is 77.8 Å². The first kappa shape index (κ1) is 7.55. The summed E-state index contributed by atoms with van der Waals surface area (Å²) < 4.78 is 0. The lowest BCUT2D eigenvalue weighted by Crippen LogP contribution is -2.30. The standard InChI is InChI=1S/C4H8O4/c5-1-3(7)4(8)2-6/h1,3-4,6-8H,2H2/t3-,4?/m1/s1. The molecule has 0 amide bonds. The summed E-state index contributed by atoms with van der Waals surface area (Å²) in [4.78, 5) is 9.58. The molecule has 0 radical (unpaired) electrons. The molecule has 0 aromatic heterocycles. The van der Waals surface area contributed by atoms with E-state index in [2.05, 4.69) is 0 Å². The fourth-order valence-electron chi connectivity index (χ4n) is 0.199.